The lowest BCUT2D eigenvalue weighted by atomic mass is 10.1. The zero-order valence-corrected chi connectivity index (χ0v) is 14.0. The van der Waals surface area contributed by atoms with Gasteiger partial charge in [-0.1, -0.05) is 12.1 Å². The summed E-state index contributed by atoms with van der Waals surface area (Å²) >= 11 is 0. The quantitative estimate of drug-likeness (QED) is 0.865. The molecule has 2 fully saturated rings. The van der Waals surface area contributed by atoms with Gasteiger partial charge < -0.3 is 14.4 Å². The lowest BCUT2D eigenvalue weighted by molar-refractivity contribution is 0.0230. The number of pyridine rings is 2. The second-order valence-electron chi connectivity index (χ2n) is 6.62. The van der Waals surface area contributed by atoms with Gasteiger partial charge in [0.2, 0.25) is 5.88 Å². The van der Waals surface area contributed by atoms with Gasteiger partial charge in [0, 0.05) is 24.5 Å². The van der Waals surface area contributed by atoms with E-state index < -0.39 is 0 Å². The average Bonchev–Trinajstić information content (AvgIpc) is 3.04. The maximum Gasteiger partial charge on any atom is 0.213 e. The minimum absolute atomic E-state index is 0.276. The van der Waals surface area contributed by atoms with Crippen LogP contribution in [0.3, 0.4) is 0 Å². The van der Waals surface area contributed by atoms with Crippen LogP contribution in [0.25, 0.3) is 0 Å². The Kier molecular flexibility index (Phi) is 4.34. The van der Waals surface area contributed by atoms with Crippen LogP contribution < -0.4 is 9.64 Å². The Bertz CT molecular complexity index is 679. The maximum absolute atomic E-state index is 6.03. The molecular weight excluding hydrogens is 302 g/mol. The van der Waals surface area contributed by atoms with Crippen molar-refractivity contribution in [3.8, 4) is 5.88 Å². The molecule has 1 saturated carbocycles. The number of anilines is 1. The largest absolute Gasteiger partial charge is 0.477 e. The number of ether oxygens (including phenoxy) is 2. The molecule has 1 aliphatic heterocycles. The SMILES string of the molecule is Cc1cccc(N2CCO[C@@H]3C[C@H](COc4ccccn4)C[C@@H]32)n1. The predicted octanol–water partition coefficient (Wildman–Crippen LogP) is 2.85. The minimum Gasteiger partial charge on any atom is -0.477 e. The fourth-order valence-corrected chi connectivity index (χ4v) is 3.80. The number of hydrogen-bond donors (Lipinski definition) is 0. The van der Waals surface area contributed by atoms with E-state index in [-0.39, 0.29) is 6.10 Å². The van der Waals surface area contributed by atoms with E-state index in [9.17, 15) is 0 Å². The zero-order valence-electron chi connectivity index (χ0n) is 14.0. The number of aryl methyl sites for hydroxylation is 1. The Morgan fingerprint density at radius 3 is 3.00 bits per heavy atom. The highest BCUT2D eigenvalue weighted by molar-refractivity contribution is 5.42. The first-order chi connectivity index (χ1) is 11.8. The third-order valence-electron chi connectivity index (χ3n) is 4.91. The average molecular weight is 325 g/mol. The van der Waals surface area contributed by atoms with Gasteiger partial charge in [-0.2, -0.15) is 0 Å². The van der Waals surface area contributed by atoms with Gasteiger partial charge in [0.05, 0.1) is 25.4 Å². The van der Waals surface area contributed by atoms with Crippen molar-refractivity contribution in [1.82, 2.24) is 9.97 Å². The van der Waals surface area contributed by atoms with Crippen LogP contribution in [0.5, 0.6) is 5.88 Å². The van der Waals surface area contributed by atoms with Crippen LogP contribution in [0.1, 0.15) is 18.5 Å². The summed E-state index contributed by atoms with van der Waals surface area (Å²) < 4.78 is 11.9. The Balaban J connectivity index is 1.42. The highest BCUT2D eigenvalue weighted by atomic mass is 16.5. The predicted molar refractivity (Wildman–Crippen MR) is 92.3 cm³/mol. The zero-order chi connectivity index (χ0) is 16.4. The molecule has 0 spiro atoms. The van der Waals surface area contributed by atoms with Crippen LogP contribution in [0, 0.1) is 12.8 Å². The molecule has 0 amide bonds. The van der Waals surface area contributed by atoms with Gasteiger partial charge in [-0.25, -0.2) is 9.97 Å². The summed E-state index contributed by atoms with van der Waals surface area (Å²) in [6, 6.07) is 12.4. The Morgan fingerprint density at radius 2 is 2.17 bits per heavy atom. The van der Waals surface area contributed by atoms with Crippen molar-refractivity contribution in [3.05, 3.63) is 48.3 Å². The molecule has 0 aromatic carbocycles. The summed E-state index contributed by atoms with van der Waals surface area (Å²) in [6.45, 7) is 4.41. The molecule has 3 atom stereocenters. The Labute approximate surface area is 142 Å². The van der Waals surface area contributed by atoms with Crippen LogP contribution in [0.2, 0.25) is 0 Å². The number of aromatic nitrogens is 2. The van der Waals surface area contributed by atoms with Crippen molar-refractivity contribution < 1.29 is 9.47 Å². The first-order valence-corrected chi connectivity index (χ1v) is 8.65. The number of morpholine rings is 1. The monoisotopic (exact) mass is 325 g/mol. The Hall–Kier alpha value is -2.14. The summed E-state index contributed by atoms with van der Waals surface area (Å²) in [5, 5.41) is 0. The standard InChI is InChI=1S/C19H23N3O2/c1-14-5-4-6-18(21-14)22-9-10-23-17-12-15(11-16(17)22)13-24-19-7-2-3-8-20-19/h2-8,15-17H,9-13H2,1H3/t15-,16+,17-/m1/s1. The van der Waals surface area contributed by atoms with Crippen LogP contribution in [-0.4, -0.2) is 41.9 Å². The fraction of sp³-hybridized carbons (Fsp3) is 0.474. The van der Waals surface area contributed by atoms with Crippen molar-refractivity contribution in [2.24, 2.45) is 5.92 Å². The molecule has 0 bridgehead atoms. The molecule has 2 aromatic heterocycles. The highest BCUT2D eigenvalue weighted by Gasteiger charge is 2.41. The van der Waals surface area contributed by atoms with E-state index in [1.807, 2.05) is 31.2 Å². The smallest absolute Gasteiger partial charge is 0.213 e. The molecule has 0 N–H and O–H groups in total. The van der Waals surface area contributed by atoms with E-state index in [2.05, 4.69) is 22.0 Å². The third kappa shape index (κ3) is 3.22. The molecule has 5 heteroatoms. The van der Waals surface area contributed by atoms with Crippen LogP contribution in [0.4, 0.5) is 5.82 Å². The molecule has 3 heterocycles. The summed E-state index contributed by atoms with van der Waals surface area (Å²) in [6.07, 6.45) is 4.16. The minimum atomic E-state index is 0.276. The first-order valence-electron chi connectivity index (χ1n) is 8.65. The van der Waals surface area contributed by atoms with E-state index >= 15 is 0 Å². The van der Waals surface area contributed by atoms with E-state index in [1.165, 1.54) is 0 Å². The maximum atomic E-state index is 6.03. The fourth-order valence-electron chi connectivity index (χ4n) is 3.80. The molecule has 0 unspecified atom stereocenters. The van der Waals surface area contributed by atoms with Crippen molar-refractivity contribution in [1.29, 1.82) is 0 Å². The van der Waals surface area contributed by atoms with E-state index in [0.717, 1.165) is 37.5 Å². The summed E-state index contributed by atoms with van der Waals surface area (Å²) in [4.78, 5) is 11.4. The van der Waals surface area contributed by atoms with Gasteiger partial charge in [-0.3, -0.25) is 0 Å². The third-order valence-corrected chi connectivity index (χ3v) is 4.91. The van der Waals surface area contributed by atoms with Crippen LogP contribution >= 0.6 is 0 Å². The lowest BCUT2D eigenvalue weighted by Gasteiger charge is -2.38. The first kappa shape index (κ1) is 15.4. The molecule has 4 rings (SSSR count). The van der Waals surface area contributed by atoms with Crippen molar-refractivity contribution >= 4 is 5.82 Å². The number of rotatable bonds is 4. The van der Waals surface area contributed by atoms with Gasteiger partial charge >= 0.3 is 0 Å². The van der Waals surface area contributed by atoms with Gasteiger partial charge in [0.15, 0.2) is 0 Å². The number of hydrogen-bond acceptors (Lipinski definition) is 5. The van der Waals surface area contributed by atoms with Crippen molar-refractivity contribution in [3.63, 3.8) is 0 Å². The normalized spacial score (nSPS) is 26.2. The Morgan fingerprint density at radius 1 is 1.21 bits per heavy atom. The number of fused-ring (bicyclic) bond motifs is 1. The van der Waals surface area contributed by atoms with Gasteiger partial charge in [0.1, 0.15) is 5.82 Å². The van der Waals surface area contributed by atoms with Crippen LogP contribution in [-0.2, 0) is 4.74 Å². The molecule has 1 saturated heterocycles. The van der Waals surface area contributed by atoms with Gasteiger partial charge in [-0.05, 0) is 43.9 Å². The summed E-state index contributed by atoms with van der Waals surface area (Å²) in [5.74, 6) is 2.26. The van der Waals surface area contributed by atoms with E-state index in [4.69, 9.17) is 14.5 Å². The second kappa shape index (κ2) is 6.77. The molecule has 24 heavy (non-hydrogen) atoms. The topological polar surface area (TPSA) is 47.5 Å². The van der Waals surface area contributed by atoms with Crippen LogP contribution in [0.15, 0.2) is 42.6 Å². The lowest BCUT2D eigenvalue weighted by Crippen LogP contribution is -2.49. The molecule has 1 aliphatic carbocycles. The van der Waals surface area contributed by atoms with Crippen molar-refractivity contribution in [2.75, 3.05) is 24.7 Å². The van der Waals surface area contributed by atoms with Gasteiger partial charge in [0.25, 0.3) is 0 Å². The summed E-state index contributed by atoms with van der Waals surface area (Å²) in [5.41, 5.74) is 1.06. The van der Waals surface area contributed by atoms with E-state index in [1.54, 1.807) is 6.20 Å². The highest BCUT2D eigenvalue weighted by Crippen LogP contribution is 2.36. The molecule has 2 aromatic rings. The number of nitrogens with zero attached hydrogens (tertiary/aromatic N) is 3. The van der Waals surface area contributed by atoms with E-state index in [0.29, 0.717) is 24.4 Å². The molecule has 2 aliphatic rings. The molecule has 0 radical (unpaired) electrons. The molecule has 5 nitrogen and oxygen atoms in total. The second-order valence-corrected chi connectivity index (χ2v) is 6.62. The summed E-state index contributed by atoms with van der Waals surface area (Å²) in [7, 11) is 0. The molecule has 126 valence electrons. The van der Waals surface area contributed by atoms with Crippen molar-refractivity contribution in [2.45, 2.75) is 31.9 Å². The molecular formula is C19H23N3O2. The van der Waals surface area contributed by atoms with Gasteiger partial charge in [-0.15, -0.1) is 0 Å².